The monoisotopic (exact) mass is 445 g/mol. The first-order valence-corrected chi connectivity index (χ1v) is 10.1. The maximum Gasteiger partial charge on any atom is 0.343 e. The number of aromatic nitrogens is 3. The zero-order chi connectivity index (χ0) is 21.6. The van der Waals surface area contributed by atoms with Gasteiger partial charge in [0.1, 0.15) is 17.0 Å². The second-order valence-electron chi connectivity index (χ2n) is 6.48. The third-order valence-electron chi connectivity index (χ3n) is 4.57. The number of aromatic amines is 3. The van der Waals surface area contributed by atoms with Gasteiger partial charge < -0.3 is 14.8 Å². The maximum atomic E-state index is 12.7. The zero-order valence-electron chi connectivity index (χ0n) is 15.9. The van der Waals surface area contributed by atoms with Crippen molar-refractivity contribution in [2.45, 2.75) is 13.8 Å². The third kappa shape index (κ3) is 3.21. The van der Waals surface area contributed by atoms with Crippen molar-refractivity contribution in [3.63, 3.8) is 0 Å². The average molecular weight is 446 g/mol. The van der Waals surface area contributed by atoms with E-state index >= 15 is 0 Å². The Morgan fingerprint density at radius 2 is 2.00 bits per heavy atom. The molecule has 10 heteroatoms. The van der Waals surface area contributed by atoms with E-state index in [0.29, 0.717) is 31.6 Å². The van der Waals surface area contributed by atoms with Gasteiger partial charge in [-0.25, -0.2) is 9.59 Å². The Hall–Kier alpha value is -3.30. The van der Waals surface area contributed by atoms with Gasteiger partial charge in [0.15, 0.2) is 0 Å². The second kappa shape index (κ2) is 7.51. The number of rotatable bonds is 4. The number of aromatic hydroxyl groups is 1. The van der Waals surface area contributed by atoms with Crippen molar-refractivity contribution in [2.24, 2.45) is 0 Å². The summed E-state index contributed by atoms with van der Waals surface area (Å²) in [6.45, 7) is 3.51. The summed E-state index contributed by atoms with van der Waals surface area (Å²) in [6, 6.07) is 6.90. The van der Waals surface area contributed by atoms with E-state index in [-0.39, 0.29) is 29.0 Å². The molecule has 1 aromatic carbocycles. The highest BCUT2D eigenvalue weighted by atomic mass is 35.5. The topological polar surface area (TPSA) is 128 Å². The molecule has 154 valence electrons. The smallest absolute Gasteiger partial charge is 0.343 e. The number of hydrogen-bond donors (Lipinski definition) is 4. The van der Waals surface area contributed by atoms with E-state index in [4.69, 9.17) is 16.3 Å². The van der Waals surface area contributed by atoms with Gasteiger partial charge >= 0.3 is 11.7 Å². The Labute approximate surface area is 178 Å². The quantitative estimate of drug-likeness (QED) is 0.355. The van der Waals surface area contributed by atoms with Gasteiger partial charge in [0, 0.05) is 21.0 Å². The Morgan fingerprint density at radius 1 is 1.23 bits per heavy atom. The first kappa shape index (κ1) is 20.0. The zero-order valence-corrected chi connectivity index (χ0v) is 17.5. The van der Waals surface area contributed by atoms with Crippen molar-refractivity contribution in [3.05, 3.63) is 60.6 Å². The van der Waals surface area contributed by atoms with Crippen LogP contribution in [-0.2, 0) is 4.74 Å². The molecule has 0 aliphatic heterocycles. The van der Waals surface area contributed by atoms with Crippen molar-refractivity contribution in [3.8, 4) is 27.4 Å². The highest BCUT2D eigenvalue weighted by Crippen LogP contribution is 2.47. The normalized spacial score (nSPS) is 11.2. The molecule has 4 aromatic rings. The number of H-pyrrole nitrogens is 3. The van der Waals surface area contributed by atoms with Gasteiger partial charge in [0.05, 0.1) is 22.6 Å². The molecular weight excluding hydrogens is 430 g/mol. The van der Waals surface area contributed by atoms with Crippen LogP contribution in [0.4, 0.5) is 0 Å². The summed E-state index contributed by atoms with van der Waals surface area (Å²) in [5, 5.41) is 11.5. The van der Waals surface area contributed by atoms with E-state index < -0.39 is 17.2 Å². The number of esters is 1. The van der Waals surface area contributed by atoms with E-state index in [9.17, 15) is 19.5 Å². The molecule has 0 amide bonds. The van der Waals surface area contributed by atoms with E-state index in [0.717, 1.165) is 11.3 Å². The lowest BCUT2D eigenvalue weighted by Gasteiger charge is -2.05. The molecule has 30 heavy (non-hydrogen) atoms. The van der Waals surface area contributed by atoms with Crippen LogP contribution in [0.5, 0.6) is 5.75 Å². The molecule has 0 fully saturated rings. The Morgan fingerprint density at radius 3 is 2.70 bits per heavy atom. The molecule has 0 aliphatic rings. The lowest BCUT2D eigenvalue weighted by atomic mass is 10.0. The minimum atomic E-state index is -0.670. The second-order valence-corrected chi connectivity index (χ2v) is 8.14. The van der Waals surface area contributed by atoms with Crippen molar-refractivity contribution >= 4 is 39.9 Å². The molecule has 0 spiro atoms. The Bertz CT molecular complexity index is 1410. The maximum absolute atomic E-state index is 12.7. The summed E-state index contributed by atoms with van der Waals surface area (Å²) in [5.74, 6) is -0.938. The van der Waals surface area contributed by atoms with Crippen molar-refractivity contribution in [2.75, 3.05) is 6.61 Å². The molecule has 4 rings (SSSR count). The van der Waals surface area contributed by atoms with E-state index in [1.165, 1.54) is 0 Å². The van der Waals surface area contributed by atoms with Crippen molar-refractivity contribution < 1.29 is 14.6 Å². The van der Waals surface area contributed by atoms with Gasteiger partial charge in [-0.15, -0.1) is 11.3 Å². The molecule has 0 atom stereocenters. The molecule has 0 saturated carbocycles. The van der Waals surface area contributed by atoms with Crippen molar-refractivity contribution in [1.82, 2.24) is 15.0 Å². The number of carbonyl (C=O) groups is 1. The van der Waals surface area contributed by atoms with Crippen LogP contribution in [0.2, 0.25) is 5.02 Å². The first-order chi connectivity index (χ1) is 14.3. The van der Waals surface area contributed by atoms with Gasteiger partial charge in [0.25, 0.3) is 5.56 Å². The molecule has 4 N–H and O–H groups in total. The number of halogens is 1. The standard InChI is InChI=1S/C20H16ClN3O5S/c1-3-29-19(27)11-8(2)30-16(15(11)25)12-13-17(23-20(28)24-18(13)26)22-14(12)9-5-4-6-10(21)7-9/h4-7,25H,3H2,1-2H3,(H3,22,23,24,26,28). The third-order valence-corrected chi connectivity index (χ3v) is 5.92. The van der Waals surface area contributed by atoms with Gasteiger partial charge in [0.2, 0.25) is 0 Å². The molecule has 0 aliphatic carbocycles. The molecule has 0 radical (unpaired) electrons. The van der Waals surface area contributed by atoms with Crippen LogP contribution in [0.15, 0.2) is 33.9 Å². The van der Waals surface area contributed by atoms with Gasteiger partial charge in [-0.05, 0) is 26.0 Å². The lowest BCUT2D eigenvalue weighted by Crippen LogP contribution is -2.21. The van der Waals surface area contributed by atoms with E-state index in [2.05, 4.69) is 15.0 Å². The first-order valence-electron chi connectivity index (χ1n) is 8.95. The van der Waals surface area contributed by atoms with Crippen LogP contribution in [-0.4, -0.2) is 32.6 Å². The molecular formula is C20H16ClN3O5S. The molecule has 0 unspecified atom stereocenters. The predicted octanol–water partition coefficient (Wildman–Crippen LogP) is 3.78. The lowest BCUT2D eigenvalue weighted by molar-refractivity contribution is 0.0523. The number of nitrogens with one attached hydrogen (secondary N) is 3. The van der Waals surface area contributed by atoms with Crippen LogP contribution in [0.25, 0.3) is 32.7 Å². The number of ether oxygens (including phenoxy) is 1. The minimum absolute atomic E-state index is 0.0455. The molecule has 8 nitrogen and oxygen atoms in total. The van der Waals surface area contributed by atoms with Crippen LogP contribution in [0, 0.1) is 6.92 Å². The van der Waals surface area contributed by atoms with Gasteiger partial charge in [-0.3, -0.25) is 14.8 Å². The Balaban J connectivity index is 2.10. The fourth-order valence-electron chi connectivity index (χ4n) is 3.36. The van der Waals surface area contributed by atoms with Crippen LogP contribution in [0.3, 0.4) is 0 Å². The number of fused-ring (bicyclic) bond motifs is 1. The number of benzene rings is 1. The molecule has 3 heterocycles. The Kier molecular flexibility index (Phi) is 5.00. The van der Waals surface area contributed by atoms with Crippen LogP contribution in [0.1, 0.15) is 22.2 Å². The number of aryl methyl sites for hydroxylation is 1. The number of hydrogen-bond acceptors (Lipinski definition) is 6. The number of thiophene rings is 1. The summed E-state index contributed by atoms with van der Waals surface area (Å²) in [7, 11) is 0. The van der Waals surface area contributed by atoms with E-state index in [1.54, 1.807) is 38.1 Å². The largest absolute Gasteiger partial charge is 0.505 e. The summed E-state index contributed by atoms with van der Waals surface area (Å²) < 4.78 is 5.04. The fourth-order valence-corrected chi connectivity index (χ4v) is 4.65. The SMILES string of the molecule is CCOC(=O)c1c(C)sc(-c2c(-c3cccc(Cl)c3)[nH]c3[nH]c(=O)[nH]c(=O)c23)c1O. The predicted molar refractivity (Wildman–Crippen MR) is 116 cm³/mol. The summed E-state index contributed by atoms with van der Waals surface area (Å²) >= 11 is 7.28. The fraction of sp³-hybridized carbons (Fsp3) is 0.150. The van der Waals surface area contributed by atoms with E-state index in [1.807, 2.05) is 0 Å². The minimum Gasteiger partial charge on any atom is -0.505 e. The average Bonchev–Trinajstić information content (AvgIpc) is 3.19. The number of carbonyl (C=O) groups excluding carboxylic acids is 1. The summed E-state index contributed by atoms with van der Waals surface area (Å²) in [5.41, 5.74) is 0.393. The molecule has 0 bridgehead atoms. The highest BCUT2D eigenvalue weighted by Gasteiger charge is 2.28. The summed E-state index contributed by atoms with van der Waals surface area (Å²) in [6.07, 6.45) is 0. The molecule has 0 saturated heterocycles. The highest BCUT2D eigenvalue weighted by molar-refractivity contribution is 7.16. The van der Waals surface area contributed by atoms with Crippen LogP contribution >= 0.6 is 22.9 Å². The van der Waals surface area contributed by atoms with Crippen LogP contribution < -0.4 is 11.2 Å². The molecule has 3 aromatic heterocycles. The van der Waals surface area contributed by atoms with Gasteiger partial charge in [-0.1, -0.05) is 23.7 Å². The van der Waals surface area contributed by atoms with Gasteiger partial charge in [-0.2, -0.15) is 0 Å². The van der Waals surface area contributed by atoms with Crippen molar-refractivity contribution in [1.29, 1.82) is 0 Å². The summed E-state index contributed by atoms with van der Waals surface area (Å²) in [4.78, 5) is 45.4.